The summed E-state index contributed by atoms with van der Waals surface area (Å²) in [6, 6.07) is 3.47. The minimum absolute atomic E-state index is 0.0305. The van der Waals surface area contributed by atoms with Crippen LogP contribution in [-0.2, 0) is 16.1 Å². The van der Waals surface area contributed by atoms with Crippen LogP contribution in [0.4, 0.5) is 0 Å². The van der Waals surface area contributed by atoms with Crippen molar-refractivity contribution in [2.24, 2.45) is 5.92 Å². The fourth-order valence-corrected chi connectivity index (χ4v) is 1.44. The van der Waals surface area contributed by atoms with Crippen molar-refractivity contribution in [1.29, 1.82) is 0 Å². The standard InChI is InChI=1S/C12H17NO3.C2H6/c1-9-4-6-13(11(14)8-9)7-5-10(2)12(15)16-3;1-2/h4,6,8,10H,5,7H2,1-3H3;1-2H3. The Bertz CT molecular complexity index is 423. The van der Waals surface area contributed by atoms with Crippen molar-refractivity contribution in [1.82, 2.24) is 4.57 Å². The highest BCUT2D eigenvalue weighted by atomic mass is 16.5. The summed E-state index contributed by atoms with van der Waals surface area (Å²) in [6.07, 6.45) is 2.36. The number of hydrogen-bond acceptors (Lipinski definition) is 3. The SMILES string of the molecule is CC.COC(=O)C(C)CCn1ccc(C)cc1=O. The van der Waals surface area contributed by atoms with E-state index in [0.29, 0.717) is 13.0 Å². The first kappa shape index (κ1) is 16.4. The minimum Gasteiger partial charge on any atom is -0.469 e. The topological polar surface area (TPSA) is 48.3 Å². The molecule has 0 saturated carbocycles. The summed E-state index contributed by atoms with van der Waals surface area (Å²) in [5.41, 5.74) is 0.916. The second-order valence-corrected chi connectivity index (χ2v) is 3.95. The lowest BCUT2D eigenvalue weighted by molar-refractivity contribution is -0.145. The molecular formula is C14H23NO3. The second kappa shape index (κ2) is 8.50. The van der Waals surface area contributed by atoms with Gasteiger partial charge in [-0.2, -0.15) is 0 Å². The van der Waals surface area contributed by atoms with E-state index < -0.39 is 0 Å². The highest BCUT2D eigenvalue weighted by molar-refractivity contribution is 5.71. The van der Waals surface area contributed by atoms with Crippen LogP contribution in [0, 0.1) is 12.8 Å². The number of carbonyl (C=O) groups is 1. The molecule has 1 unspecified atom stereocenters. The first-order valence-electron chi connectivity index (χ1n) is 6.29. The van der Waals surface area contributed by atoms with E-state index in [1.807, 2.05) is 26.8 Å². The van der Waals surface area contributed by atoms with Crippen molar-refractivity contribution in [2.45, 2.75) is 40.7 Å². The molecule has 0 radical (unpaired) electrons. The van der Waals surface area contributed by atoms with Gasteiger partial charge < -0.3 is 9.30 Å². The fourth-order valence-electron chi connectivity index (χ4n) is 1.44. The van der Waals surface area contributed by atoms with E-state index in [1.165, 1.54) is 7.11 Å². The van der Waals surface area contributed by atoms with E-state index in [-0.39, 0.29) is 17.4 Å². The van der Waals surface area contributed by atoms with E-state index in [9.17, 15) is 9.59 Å². The third-order valence-electron chi connectivity index (χ3n) is 2.56. The lowest BCUT2D eigenvalue weighted by atomic mass is 10.1. The number of hydrogen-bond donors (Lipinski definition) is 0. The molecule has 0 fully saturated rings. The lowest BCUT2D eigenvalue weighted by Crippen LogP contribution is -2.22. The van der Waals surface area contributed by atoms with Gasteiger partial charge in [0.2, 0.25) is 0 Å². The highest BCUT2D eigenvalue weighted by Crippen LogP contribution is 2.05. The molecule has 0 bridgehead atoms. The van der Waals surface area contributed by atoms with E-state index in [4.69, 9.17) is 0 Å². The zero-order valence-corrected chi connectivity index (χ0v) is 11.9. The lowest BCUT2D eigenvalue weighted by Gasteiger charge is -2.10. The molecule has 1 aromatic rings. The molecule has 1 aromatic heterocycles. The molecule has 4 nitrogen and oxygen atoms in total. The molecule has 1 atom stereocenters. The Morgan fingerprint density at radius 1 is 1.44 bits per heavy atom. The summed E-state index contributed by atoms with van der Waals surface area (Å²) in [6.45, 7) is 8.21. The molecule has 0 aliphatic carbocycles. The van der Waals surface area contributed by atoms with E-state index >= 15 is 0 Å². The Hall–Kier alpha value is -1.58. The van der Waals surface area contributed by atoms with Crippen molar-refractivity contribution in [3.63, 3.8) is 0 Å². The van der Waals surface area contributed by atoms with Gasteiger partial charge in [0.15, 0.2) is 0 Å². The molecule has 0 aromatic carbocycles. The van der Waals surface area contributed by atoms with Gasteiger partial charge >= 0.3 is 5.97 Å². The van der Waals surface area contributed by atoms with Crippen molar-refractivity contribution in [2.75, 3.05) is 7.11 Å². The third-order valence-corrected chi connectivity index (χ3v) is 2.56. The van der Waals surface area contributed by atoms with Crippen LogP contribution >= 0.6 is 0 Å². The monoisotopic (exact) mass is 253 g/mol. The molecular weight excluding hydrogens is 230 g/mol. The van der Waals surface area contributed by atoms with Crippen molar-refractivity contribution >= 4 is 5.97 Å². The molecule has 4 heteroatoms. The minimum atomic E-state index is -0.236. The summed E-state index contributed by atoms with van der Waals surface area (Å²) >= 11 is 0. The van der Waals surface area contributed by atoms with E-state index in [2.05, 4.69) is 4.74 Å². The van der Waals surface area contributed by atoms with Crippen LogP contribution in [0.25, 0.3) is 0 Å². The largest absolute Gasteiger partial charge is 0.469 e. The number of carbonyl (C=O) groups excluding carboxylic acids is 1. The number of ether oxygens (including phenoxy) is 1. The number of aromatic nitrogens is 1. The summed E-state index contributed by atoms with van der Waals surface area (Å²) in [5, 5.41) is 0. The normalized spacial score (nSPS) is 11.2. The smallest absolute Gasteiger partial charge is 0.308 e. The van der Waals surface area contributed by atoms with E-state index in [0.717, 1.165) is 5.56 Å². The van der Waals surface area contributed by atoms with Crippen LogP contribution < -0.4 is 5.56 Å². The van der Waals surface area contributed by atoms with Crippen molar-refractivity contribution in [3.05, 3.63) is 34.2 Å². The molecule has 102 valence electrons. The van der Waals surface area contributed by atoms with Crippen LogP contribution in [-0.4, -0.2) is 17.6 Å². The molecule has 1 rings (SSSR count). The summed E-state index contributed by atoms with van der Waals surface area (Å²) in [7, 11) is 1.37. The zero-order chi connectivity index (χ0) is 14.1. The maximum atomic E-state index is 11.5. The number of rotatable bonds is 4. The van der Waals surface area contributed by atoms with Crippen LogP contribution in [0.5, 0.6) is 0 Å². The Balaban J connectivity index is 0.00000137. The number of aryl methyl sites for hydroxylation is 2. The number of esters is 1. The first-order valence-corrected chi connectivity index (χ1v) is 6.29. The Morgan fingerprint density at radius 2 is 2.06 bits per heavy atom. The van der Waals surface area contributed by atoms with Crippen LogP contribution in [0.3, 0.4) is 0 Å². The Morgan fingerprint density at radius 3 is 2.56 bits per heavy atom. The van der Waals surface area contributed by atoms with Crippen LogP contribution in [0.1, 0.15) is 32.8 Å². The average Bonchev–Trinajstić information content (AvgIpc) is 2.38. The molecule has 0 amide bonds. The Labute approximate surface area is 109 Å². The number of pyridine rings is 1. The predicted molar refractivity (Wildman–Crippen MR) is 72.6 cm³/mol. The first-order chi connectivity index (χ1) is 8.54. The van der Waals surface area contributed by atoms with Gasteiger partial charge in [0.05, 0.1) is 13.0 Å². The molecule has 0 aliphatic heterocycles. The van der Waals surface area contributed by atoms with Crippen LogP contribution in [0.15, 0.2) is 23.1 Å². The van der Waals surface area contributed by atoms with Crippen LogP contribution in [0.2, 0.25) is 0 Å². The quantitative estimate of drug-likeness (QED) is 0.774. The number of methoxy groups -OCH3 is 1. The fraction of sp³-hybridized carbons (Fsp3) is 0.571. The van der Waals surface area contributed by atoms with Gasteiger partial charge in [0.1, 0.15) is 0 Å². The predicted octanol–water partition coefficient (Wildman–Crippen LogP) is 2.38. The second-order valence-electron chi connectivity index (χ2n) is 3.95. The summed E-state index contributed by atoms with van der Waals surface area (Å²) in [5.74, 6) is -0.418. The van der Waals surface area contributed by atoms with Crippen molar-refractivity contribution < 1.29 is 9.53 Å². The molecule has 0 spiro atoms. The van der Waals surface area contributed by atoms with Gasteiger partial charge in [-0.25, -0.2) is 0 Å². The van der Waals surface area contributed by atoms with Gasteiger partial charge in [-0.3, -0.25) is 9.59 Å². The zero-order valence-electron chi connectivity index (χ0n) is 11.9. The van der Waals surface area contributed by atoms with Gasteiger partial charge in [0, 0.05) is 18.8 Å². The maximum Gasteiger partial charge on any atom is 0.308 e. The third kappa shape index (κ3) is 5.17. The summed E-state index contributed by atoms with van der Waals surface area (Å²) < 4.78 is 6.23. The van der Waals surface area contributed by atoms with Gasteiger partial charge in [0.25, 0.3) is 5.56 Å². The van der Waals surface area contributed by atoms with Gasteiger partial charge in [-0.1, -0.05) is 20.8 Å². The highest BCUT2D eigenvalue weighted by Gasteiger charge is 2.12. The maximum absolute atomic E-state index is 11.5. The van der Waals surface area contributed by atoms with Gasteiger partial charge in [-0.05, 0) is 25.0 Å². The molecule has 0 saturated heterocycles. The number of nitrogens with zero attached hydrogens (tertiary/aromatic N) is 1. The van der Waals surface area contributed by atoms with E-state index in [1.54, 1.807) is 23.8 Å². The Kier molecular flexibility index (Phi) is 7.76. The molecule has 0 N–H and O–H groups in total. The van der Waals surface area contributed by atoms with Crippen molar-refractivity contribution in [3.8, 4) is 0 Å². The summed E-state index contributed by atoms with van der Waals surface area (Å²) in [4.78, 5) is 22.7. The average molecular weight is 253 g/mol. The molecule has 1 heterocycles. The van der Waals surface area contributed by atoms with Gasteiger partial charge in [-0.15, -0.1) is 0 Å². The molecule has 18 heavy (non-hydrogen) atoms. The molecule has 0 aliphatic rings.